The van der Waals surface area contributed by atoms with Gasteiger partial charge in [-0.1, -0.05) is 13.0 Å². The summed E-state index contributed by atoms with van der Waals surface area (Å²) in [6.45, 7) is 3.53. The van der Waals surface area contributed by atoms with Crippen LogP contribution < -0.4 is 4.72 Å². The van der Waals surface area contributed by atoms with Crippen LogP contribution in [0.2, 0.25) is 0 Å². The minimum atomic E-state index is -4.01. The summed E-state index contributed by atoms with van der Waals surface area (Å²) in [7, 11) is -2.74. The molecule has 0 aliphatic heterocycles. The third-order valence-electron chi connectivity index (χ3n) is 4.36. The first-order valence-corrected chi connectivity index (χ1v) is 9.95. The zero-order chi connectivity index (χ0) is 20.5. The molecule has 10 heteroatoms. The fourth-order valence-corrected chi connectivity index (χ4v) is 4.03. The standard InChI is InChI=1S/C18H19N5O4S/c1-4-14-21-15(9-23(14)10-16(24)27-3)28(25,26)22-13-6-5-11(2)17-12(7-19)8-20-18(13)17/h5-6,8-9,20,22H,4,10H2,1-3H3. The molecule has 0 radical (unpaired) electrons. The Morgan fingerprint density at radius 3 is 2.82 bits per heavy atom. The molecule has 146 valence electrons. The highest BCUT2D eigenvalue weighted by Gasteiger charge is 2.23. The number of carbonyl (C=O) groups is 1. The van der Waals surface area contributed by atoms with Gasteiger partial charge in [-0.15, -0.1) is 0 Å². The van der Waals surface area contributed by atoms with Crippen LogP contribution in [0.4, 0.5) is 5.69 Å². The molecule has 0 aliphatic rings. The van der Waals surface area contributed by atoms with Gasteiger partial charge in [0, 0.05) is 24.2 Å². The fraction of sp³-hybridized carbons (Fsp3) is 0.278. The molecule has 1 aromatic carbocycles. The van der Waals surface area contributed by atoms with E-state index in [0.29, 0.717) is 34.4 Å². The molecule has 3 rings (SSSR count). The number of esters is 1. The Morgan fingerprint density at radius 1 is 1.43 bits per heavy atom. The monoisotopic (exact) mass is 401 g/mol. The van der Waals surface area contributed by atoms with Crippen molar-refractivity contribution >= 4 is 32.6 Å². The Bertz CT molecular complexity index is 1200. The van der Waals surface area contributed by atoms with Crippen molar-refractivity contribution in [1.82, 2.24) is 14.5 Å². The Morgan fingerprint density at radius 2 is 2.18 bits per heavy atom. The number of aromatic nitrogens is 3. The predicted molar refractivity (Wildman–Crippen MR) is 102 cm³/mol. The van der Waals surface area contributed by atoms with E-state index in [1.165, 1.54) is 24.1 Å². The van der Waals surface area contributed by atoms with Crippen molar-refractivity contribution < 1.29 is 17.9 Å². The van der Waals surface area contributed by atoms with Crippen molar-refractivity contribution in [2.24, 2.45) is 0 Å². The van der Waals surface area contributed by atoms with Gasteiger partial charge in [0.1, 0.15) is 18.4 Å². The lowest BCUT2D eigenvalue weighted by Gasteiger charge is -2.08. The molecular weight excluding hydrogens is 382 g/mol. The predicted octanol–water partition coefficient (Wildman–Crippen LogP) is 2.08. The van der Waals surface area contributed by atoms with Gasteiger partial charge >= 0.3 is 5.97 Å². The number of hydrogen-bond donors (Lipinski definition) is 2. The van der Waals surface area contributed by atoms with Crippen molar-refractivity contribution in [3.8, 4) is 6.07 Å². The van der Waals surface area contributed by atoms with Gasteiger partial charge in [-0.2, -0.15) is 13.7 Å². The quantitative estimate of drug-likeness (QED) is 0.608. The minimum Gasteiger partial charge on any atom is -0.468 e. The average molecular weight is 401 g/mol. The normalized spacial score (nSPS) is 11.4. The van der Waals surface area contributed by atoms with Crippen LogP contribution in [0.1, 0.15) is 23.9 Å². The molecule has 3 aromatic rings. The number of nitriles is 1. The Hall–Kier alpha value is -3.32. The molecule has 0 spiro atoms. The number of nitrogens with one attached hydrogen (secondary N) is 2. The smallest absolute Gasteiger partial charge is 0.325 e. The van der Waals surface area contributed by atoms with Crippen LogP contribution in [-0.2, 0) is 32.5 Å². The van der Waals surface area contributed by atoms with Crippen LogP contribution in [0.25, 0.3) is 10.9 Å². The van der Waals surface area contributed by atoms with Crippen LogP contribution in [0, 0.1) is 18.3 Å². The maximum atomic E-state index is 12.9. The Kier molecular flexibility index (Phi) is 5.11. The van der Waals surface area contributed by atoms with E-state index in [0.717, 1.165) is 5.56 Å². The van der Waals surface area contributed by atoms with E-state index >= 15 is 0 Å². The highest BCUT2D eigenvalue weighted by atomic mass is 32.2. The maximum absolute atomic E-state index is 12.9. The number of H-pyrrole nitrogens is 1. The number of fused-ring (bicyclic) bond motifs is 1. The van der Waals surface area contributed by atoms with E-state index < -0.39 is 16.0 Å². The van der Waals surface area contributed by atoms with Crippen molar-refractivity contribution in [2.75, 3.05) is 11.8 Å². The molecule has 0 unspecified atom stereocenters. The van der Waals surface area contributed by atoms with Crippen LogP contribution in [0.5, 0.6) is 0 Å². The minimum absolute atomic E-state index is 0.126. The van der Waals surface area contributed by atoms with Crippen LogP contribution in [0.15, 0.2) is 29.6 Å². The zero-order valence-corrected chi connectivity index (χ0v) is 16.4. The van der Waals surface area contributed by atoms with E-state index in [1.54, 1.807) is 12.1 Å². The van der Waals surface area contributed by atoms with Crippen molar-refractivity contribution in [2.45, 2.75) is 31.8 Å². The number of rotatable bonds is 6. The second-order valence-corrected chi connectivity index (χ2v) is 7.78. The number of benzene rings is 1. The number of hydrogen-bond acceptors (Lipinski definition) is 6. The van der Waals surface area contributed by atoms with Gasteiger partial charge in [0.2, 0.25) is 0 Å². The molecule has 0 bridgehead atoms. The van der Waals surface area contributed by atoms with Gasteiger partial charge in [0.05, 0.1) is 23.9 Å². The molecule has 2 aromatic heterocycles. The summed E-state index contributed by atoms with van der Waals surface area (Å²) in [5, 5.41) is 9.70. The number of aryl methyl sites for hydroxylation is 2. The number of imidazole rings is 1. The molecule has 9 nitrogen and oxygen atoms in total. The SMILES string of the molecule is CCc1nc(S(=O)(=O)Nc2ccc(C)c3c(C#N)c[nH]c23)cn1CC(=O)OC. The molecule has 0 fully saturated rings. The van der Waals surface area contributed by atoms with Crippen LogP contribution in [-0.4, -0.2) is 36.0 Å². The molecule has 28 heavy (non-hydrogen) atoms. The molecular formula is C18H19N5O4S. The number of aromatic amines is 1. The number of nitrogens with zero attached hydrogens (tertiary/aromatic N) is 3. The van der Waals surface area contributed by atoms with Gasteiger partial charge in [0.25, 0.3) is 10.0 Å². The first-order chi connectivity index (χ1) is 13.3. The number of anilines is 1. The second-order valence-electron chi connectivity index (χ2n) is 6.15. The van der Waals surface area contributed by atoms with Gasteiger partial charge in [0.15, 0.2) is 5.03 Å². The van der Waals surface area contributed by atoms with Crippen molar-refractivity contribution in [3.63, 3.8) is 0 Å². The van der Waals surface area contributed by atoms with Gasteiger partial charge in [-0.05, 0) is 18.6 Å². The molecule has 2 heterocycles. The molecule has 0 amide bonds. The van der Waals surface area contributed by atoms with Crippen LogP contribution in [0.3, 0.4) is 0 Å². The summed E-state index contributed by atoms with van der Waals surface area (Å²) in [5.41, 5.74) is 2.11. The first kappa shape index (κ1) is 19.4. The van der Waals surface area contributed by atoms with Crippen molar-refractivity contribution in [3.05, 3.63) is 41.5 Å². The van der Waals surface area contributed by atoms with Gasteiger partial charge < -0.3 is 14.3 Å². The topological polar surface area (TPSA) is 130 Å². The fourth-order valence-electron chi connectivity index (χ4n) is 2.97. The molecule has 0 atom stereocenters. The summed E-state index contributed by atoms with van der Waals surface area (Å²) in [4.78, 5) is 18.6. The first-order valence-electron chi connectivity index (χ1n) is 8.47. The number of ether oxygens (including phenoxy) is 1. The summed E-state index contributed by atoms with van der Waals surface area (Å²) in [6, 6.07) is 5.45. The molecule has 0 aliphatic carbocycles. The van der Waals surface area contributed by atoms with E-state index in [-0.39, 0.29) is 11.6 Å². The van der Waals surface area contributed by atoms with Gasteiger partial charge in [-0.25, -0.2) is 4.98 Å². The van der Waals surface area contributed by atoms with Gasteiger partial charge in [-0.3, -0.25) is 9.52 Å². The molecule has 0 saturated heterocycles. The lowest BCUT2D eigenvalue weighted by Crippen LogP contribution is -2.14. The summed E-state index contributed by atoms with van der Waals surface area (Å²) < 4.78 is 34.3. The maximum Gasteiger partial charge on any atom is 0.325 e. The summed E-state index contributed by atoms with van der Waals surface area (Å²) in [5.74, 6) is -0.0499. The molecule has 0 saturated carbocycles. The lowest BCUT2D eigenvalue weighted by molar-refractivity contribution is -0.141. The van der Waals surface area contributed by atoms with E-state index in [2.05, 4.69) is 25.5 Å². The number of carbonyl (C=O) groups excluding carboxylic acids is 1. The highest BCUT2D eigenvalue weighted by molar-refractivity contribution is 7.92. The largest absolute Gasteiger partial charge is 0.468 e. The zero-order valence-electron chi connectivity index (χ0n) is 15.6. The average Bonchev–Trinajstić information content (AvgIpc) is 3.28. The summed E-state index contributed by atoms with van der Waals surface area (Å²) in [6.07, 6.45) is 3.29. The van der Waals surface area contributed by atoms with E-state index in [9.17, 15) is 18.5 Å². The van der Waals surface area contributed by atoms with Crippen molar-refractivity contribution in [1.29, 1.82) is 5.26 Å². The third-order valence-corrected chi connectivity index (χ3v) is 5.60. The molecule has 2 N–H and O–H groups in total. The second kappa shape index (κ2) is 7.36. The summed E-state index contributed by atoms with van der Waals surface area (Å²) >= 11 is 0. The lowest BCUT2D eigenvalue weighted by atomic mass is 10.1. The van der Waals surface area contributed by atoms with E-state index in [1.807, 2.05) is 13.8 Å². The third kappa shape index (κ3) is 3.44. The number of methoxy groups -OCH3 is 1. The Labute approximate surface area is 162 Å². The van der Waals surface area contributed by atoms with E-state index in [4.69, 9.17) is 0 Å². The van der Waals surface area contributed by atoms with Crippen LogP contribution >= 0.6 is 0 Å². The highest BCUT2D eigenvalue weighted by Crippen LogP contribution is 2.29. The number of sulfonamides is 1. The Balaban J connectivity index is 2.00.